The Morgan fingerprint density at radius 2 is 1.67 bits per heavy atom. The van der Waals surface area contributed by atoms with Crippen LogP contribution in [0.15, 0.2) is 60.7 Å². The Bertz CT molecular complexity index is 626. The van der Waals surface area contributed by atoms with Crippen LogP contribution in [0.4, 0.5) is 10.5 Å². The molecule has 0 aromatic heterocycles. The molecule has 24 heavy (non-hydrogen) atoms. The normalized spacial score (nSPS) is 13.1. The summed E-state index contributed by atoms with van der Waals surface area (Å²) in [5.41, 5.74) is 1.00. The zero-order chi connectivity index (χ0) is 17.4. The van der Waals surface area contributed by atoms with Crippen LogP contribution in [0.25, 0.3) is 0 Å². The Hall–Kier alpha value is -2.33. The molecule has 0 saturated carbocycles. The topological polar surface area (TPSA) is 49.8 Å². The van der Waals surface area contributed by atoms with Gasteiger partial charge in [0.15, 0.2) is 0 Å². The lowest BCUT2D eigenvalue weighted by molar-refractivity contribution is 0.0260. The van der Waals surface area contributed by atoms with E-state index in [1.54, 1.807) is 11.8 Å². The molecule has 4 heteroatoms. The summed E-state index contributed by atoms with van der Waals surface area (Å²) < 4.78 is 5.40. The molecule has 0 heterocycles. The fourth-order valence-corrected chi connectivity index (χ4v) is 2.25. The maximum atomic E-state index is 12.5. The van der Waals surface area contributed by atoms with E-state index in [4.69, 9.17) is 4.74 Å². The highest BCUT2D eigenvalue weighted by molar-refractivity contribution is 5.87. The second kappa shape index (κ2) is 8.50. The van der Waals surface area contributed by atoms with Crippen molar-refractivity contribution in [1.82, 2.24) is 0 Å². The molecule has 0 spiro atoms. The molecule has 0 aliphatic rings. The summed E-state index contributed by atoms with van der Waals surface area (Å²) in [5, 5.41) is 10.0. The lowest BCUT2D eigenvalue weighted by atomic mass is 10.0. The molecule has 2 aromatic rings. The van der Waals surface area contributed by atoms with Crippen molar-refractivity contribution in [2.75, 3.05) is 11.5 Å². The molecule has 4 nitrogen and oxygen atoms in total. The number of hydrogen-bond donors (Lipinski definition) is 1. The van der Waals surface area contributed by atoms with Crippen molar-refractivity contribution in [2.45, 2.75) is 38.8 Å². The fraction of sp³-hybridized carbons (Fsp3) is 0.350. The molecular formula is C20H25NO3. The van der Waals surface area contributed by atoms with Crippen molar-refractivity contribution in [3.05, 3.63) is 66.2 Å². The number of carbonyl (C=O) groups is 1. The minimum Gasteiger partial charge on any atom is -0.449 e. The molecule has 0 aliphatic carbocycles. The van der Waals surface area contributed by atoms with Gasteiger partial charge >= 0.3 is 6.09 Å². The smallest absolute Gasteiger partial charge is 0.414 e. The molecular weight excluding hydrogens is 302 g/mol. The number of anilines is 1. The molecule has 0 saturated heterocycles. The van der Waals surface area contributed by atoms with Gasteiger partial charge in [0.1, 0.15) is 0 Å². The summed E-state index contributed by atoms with van der Waals surface area (Å²) in [6.45, 7) is 4.29. The number of benzene rings is 2. The van der Waals surface area contributed by atoms with Crippen molar-refractivity contribution in [3.8, 4) is 0 Å². The van der Waals surface area contributed by atoms with E-state index >= 15 is 0 Å². The highest BCUT2D eigenvalue weighted by atomic mass is 16.6. The maximum absolute atomic E-state index is 12.5. The van der Waals surface area contributed by atoms with Crippen molar-refractivity contribution >= 4 is 11.8 Å². The summed E-state index contributed by atoms with van der Waals surface area (Å²) in [5.74, 6) is 0. The van der Waals surface area contributed by atoms with Gasteiger partial charge < -0.3 is 9.84 Å². The summed E-state index contributed by atoms with van der Waals surface area (Å²) in [7, 11) is 0. The van der Waals surface area contributed by atoms with E-state index in [1.807, 2.05) is 67.6 Å². The molecule has 1 atom stereocenters. The first-order chi connectivity index (χ1) is 11.5. The van der Waals surface area contributed by atoms with Crippen LogP contribution < -0.4 is 4.90 Å². The molecule has 2 rings (SSSR count). The first kappa shape index (κ1) is 18.0. The average molecular weight is 327 g/mol. The number of amides is 1. The largest absolute Gasteiger partial charge is 0.449 e. The van der Waals surface area contributed by atoms with E-state index in [9.17, 15) is 9.90 Å². The van der Waals surface area contributed by atoms with Crippen molar-refractivity contribution in [2.24, 2.45) is 0 Å². The third-order valence-corrected chi connectivity index (χ3v) is 4.10. The highest BCUT2D eigenvalue weighted by Crippen LogP contribution is 2.19. The van der Waals surface area contributed by atoms with Crippen LogP contribution in [0, 0.1) is 0 Å². The van der Waals surface area contributed by atoms with E-state index in [0.29, 0.717) is 19.4 Å². The number of aliphatic hydroxyl groups is 1. The number of ether oxygens (including phenoxy) is 1. The standard InChI is InChI=1S/C20H25NO3/c1-3-20(2,23)14-15-24-19(22)21(18-12-8-5-9-13-18)16-17-10-6-4-7-11-17/h4-13,23H,3,14-16H2,1-2H3. The van der Waals surface area contributed by atoms with E-state index in [2.05, 4.69) is 0 Å². The summed E-state index contributed by atoms with van der Waals surface area (Å²) in [6, 6.07) is 19.3. The third-order valence-electron chi connectivity index (χ3n) is 4.10. The molecule has 1 amide bonds. The molecule has 1 N–H and O–H groups in total. The second-order valence-corrected chi connectivity index (χ2v) is 6.12. The van der Waals surface area contributed by atoms with Crippen LogP contribution in [0.1, 0.15) is 32.3 Å². The van der Waals surface area contributed by atoms with E-state index < -0.39 is 11.7 Å². The molecule has 0 aliphatic heterocycles. The number of rotatable bonds is 7. The van der Waals surface area contributed by atoms with Crippen molar-refractivity contribution < 1.29 is 14.6 Å². The van der Waals surface area contributed by atoms with Crippen LogP contribution in [-0.4, -0.2) is 23.4 Å². The minimum absolute atomic E-state index is 0.192. The molecule has 0 bridgehead atoms. The van der Waals surface area contributed by atoms with E-state index in [0.717, 1.165) is 11.3 Å². The lowest BCUT2D eigenvalue weighted by Crippen LogP contribution is -2.33. The van der Waals surface area contributed by atoms with Gasteiger partial charge in [-0.2, -0.15) is 0 Å². The van der Waals surface area contributed by atoms with Gasteiger partial charge in [0.25, 0.3) is 0 Å². The quantitative estimate of drug-likeness (QED) is 0.821. The van der Waals surface area contributed by atoms with Crippen LogP contribution in [0.2, 0.25) is 0 Å². The fourth-order valence-electron chi connectivity index (χ4n) is 2.25. The lowest BCUT2D eigenvalue weighted by Gasteiger charge is -2.24. The highest BCUT2D eigenvalue weighted by Gasteiger charge is 2.21. The third kappa shape index (κ3) is 5.39. The number of nitrogens with zero attached hydrogens (tertiary/aromatic N) is 1. The SMILES string of the molecule is CCC(C)(O)CCOC(=O)N(Cc1ccccc1)c1ccccc1. The van der Waals surface area contributed by atoms with Gasteiger partial charge in [0.2, 0.25) is 0 Å². The molecule has 128 valence electrons. The van der Waals surface area contributed by atoms with Crippen LogP contribution in [0.5, 0.6) is 0 Å². The first-order valence-corrected chi connectivity index (χ1v) is 8.27. The van der Waals surface area contributed by atoms with Gasteiger partial charge in [0.05, 0.1) is 18.8 Å². The van der Waals surface area contributed by atoms with Gasteiger partial charge in [-0.25, -0.2) is 4.79 Å². The first-order valence-electron chi connectivity index (χ1n) is 8.27. The summed E-state index contributed by atoms with van der Waals surface area (Å²) >= 11 is 0. The average Bonchev–Trinajstić information content (AvgIpc) is 2.61. The number of carbonyl (C=O) groups excluding carboxylic acids is 1. The predicted molar refractivity (Wildman–Crippen MR) is 95.9 cm³/mol. The van der Waals surface area contributed by atoms with Crippen molar-refractivity contribution in [3.63, 3.8) is 0 Å². The summed E-state index contributed by atoms with van der Waals surface area (Å²) in [6.07, 6.45) is 0.636. The summed E-state index contributed by atoms with van der Waals surface area (Å²) in [4.78, 5) is 14.2. The van der Waals surface area contributed by atoms with Gasteiger partial charge in [-0.1, -0.05) is 55.5 Å². The molecule has 0 radical (unpaired) electrons. The zero-order valence-electron chi connectivity index (χ0n) is 14.3. The predicted octanol–water partition coefficient (Wildman–Crippen LogP) is 4.38. The molecule has 2 aromatic carbocycles. The number of hydrogen-bond acceptors (Lipinski definition) is 3. The van der Waals surface area contributed by atoms with E-state index in [-0.39, 0.29) is 6.61 Å². The zero-order valence-corrected chi connectivity index (χ0v) is 14.3. The van der Waals surface area contributed by atoms with Crippen LogP contribution in [0.3, 0.4) is 0 Å². The Kier molecular flexibility index (Phi) is 6.38. The van der Waals surface area contributed by atoms with Gasteiger partial charge in [-0.15, -0.1) is 0 Å². The molecule has 1 unspecified atom stereocenters. The monoisotopic (exact) mass is 327 g/mol. The van der Waals surface area contributed by atoms with Crippen molar-refractivity contribution in [1.29, 1.82) is 0 Å². The van der Waals surface area contributed by atoms with Crippen LogP contribution in [-0.2, 0) is 11.3 Å². The van der Waals surface area contributed by atoms with Crippen LogP contribution >= 0.6 is 0 Å². The maximum Gasteiger partial charge on any atom is 0.414 e. The second-order valence-electron chi connectivity index (χ2n) is 6.12. The minimum atomic E-state index is -0.808. The Labute approximate surface area is 143 Å². The van der Waals surface area contributed by atoms with Gasteiger partial charge in [-0.3, -0.25) is 4.90 Å². The number of para-hydroxylation sites is 1. The Morgan fingerprint density at radius 1 is 1.08 bits per heavy atom. The van der Waals surface area contributed by atoms with Gasteiger partial charge in [0, 0.05) is 12.1 Å². The molecule has 0 fully saturated rings. The Balaban J connectivity index is 2.06. The van der Waals surface area contributed by atoms with Gasteiger partial charge in [-0.05, 0) is 31.0 Å². The Morgan fingerprint density at radius 3 is 2.25 bits per heavy atom. The van der Waals surface area contributed by atoms with E-state index in [1.165, 1.54) is 0 Å².